The highest BCUT2D eigenvalue weighted by atomic mass is 16.3. The van der Waals surface area contributed by atoms with Crippen LogP contribution >= 0.6 is 0 Å². The van der Waals surface area contributed by atoms with Crippen LogP contribution in [0.2, 0.25) is 0 Å². The summed E-state index contributed by atoms with van der Waals surface area (Å²) < 4.78 is 0. The summed E-state index contributed by atoms with van der Waals surface area (Å²) in [7, 11) is 0. The molecule has 3 rings (SSSR count). The van der Waals surface area contributed by atoms with Gasteiger partial charge in [0.05, 0.1) is 0 Å². The van der Waals surface area contributed by atoms with Gasteiger partial charge in [-0.25, -0.2) is 0 Å². The highest BCUT2D eigenvalue weighted by Gasteiger charge is 1.80. The molecule has 0 aliphatic rings. The normalized spacial score (nSPS) is 8.62. The molecule has 0 saturated heterocycles. The van der Waals surface area contributed by atoms with E-state index in [0.717, 1.165) is 6.42 Å². The molecule has 0 radical (unpaired) electrons. The van der Waals surface area contributed by atoms with Gasteiger partial charge >= 0.3 is 0 Å². The van der Waals surface area contributed by atoms with E-state index in [9.17, 15) is 0 Å². The molecule has 0 saturated carbocycles. The van der Waals surface area contributed by atoms with Crippen LogP contribution in [0.5, 0.6) is 5.75 Å². The maximum absolute atomic E-state index is 8.63. The van der Waals surface area contributed by atoms with Gasteiger partial charge < -0.3 is 5.11 Å². The average molecular weight is 278 g/mol. The first-order valence-corrected chi connectivity index (χ1v) is 7.11. The Hall–Kier alpha value is -2.54. The van der Waals surface area contributed by atoms with Crippen LogP contribution in [0, 0.1) is 0 Å². The van der Waals surface area contributed by atoms with Crippen molar-refractivity contribution in [3.8, 4) is 5.75 Å². The lowest BCUT2D eigenvalue weighted by Crippen LogP contribution is -1.73. The minimum absolute atomic E-state index is 0.322. The van der Waals surface area contributed by atoms with Gasteiger partial charge in [-0.15, -0.1) is 0 Å². The van der Waals surface area contributed by atoms with Crippen LogP contribution in [0.1, 0.15) is 12.5 Å². The van der Waals surface area contributed by atoms with Crippen LogP contribution < -0.4 is 0 Å². The molecule has 0 amide bonds. The van der Waals surface area contributed by atoms with E-state index in [2.05, 4.69) is 31.2 Å². The summed E-state index contributed by atoms with van der Waals surface area (Å²) in [5, 5.41) is 8.63. The van der Waals surface area contributed by atoms with Crippen LogP contribution in [0.3, 0.4) is 0 Å². The predicted molar refractivity (Wildman–Crippen MR) is 90.4 cm³/mol. The zero-order valence-corrected chi connectivity index (χ0v) is 12.4. The van der Waals surface area contributed by atoms with Crippen molar-refractivity contribution in [2.45, 2.75) is 13.3 Å². The van der Waals surface area contributed by atoms with E-state index in [1.807, 2.05) is 48.5 Å². The van der Waals surface area contributed by atoms with Crippen molar-refractivity contribution in [2.75, 3.05) is 0 Å². The first-order valence-electron chi connectivity index (χ1n) is 7.11. The second kappa shape index (κ2) is 11.3. The number of hydrogen-bond donors (Lipinski definition) is 1. The molecule has 1 nitrogen and oxygen atoms in total. The molecular weight excluding hydrogens is 256 g/mol. The Kier molecular flexibility index (Phi) is 8.89. The predicted octanol–water partition coefficient (Wildman–Crippen LogP) is 5.33. The zero-order chi connectivity index (χ0) is 15.2. The third-order valence-electron chi connectivity index (χ3n) is 2.67. The second-order valence-corrected chi connectivity index (χ2v) is 4.33. The van der Waals surface area contributed by atoms with Crippen LogP contribution in [-0.2, 0) is 6.42 Å². The van der Waals surface area contributed by atoms with Crippen LogP contribution in [0.4, 0.5) is 0 Å². The maximum atomic E-state index is 8.63. The van der Waals surface area contributed by atoms with Crippen LogP contribution in [0.15, 0.2) is 97.1 Å². The summed E-state index contributed by atoms with van der Waals surface area (Å²) in [5.74, 6) is 0.322. The SMILES string of the molecule is CCc1ccccc1.Oc1ccccc1.c1ccccc1. The molecule has 1 heteroatoms. The number of aromatic hydroxyl groups is 1. The number of hydrogen-bond acceptors (Lipinski definition) is 1. The van der Waals surface area contributed by atoms with E-state index in [-0.39, 0.29) is 0 Å². The van der Waals surface area contributed by atoms with E-state index in [0.29, 0.717) is 5.75 Å². The summed E-state index contributed by atoms with van der Waals surface area (Å²) in [6, 6.07) is 31.2. The number of para-hydroxylation sites is 1. The number of phenols is 1. The van der Waals surface area contributed by atoms with Crippen molar-refractivity contribution >= 4 is 0 Å². The van der Waals surface area contributed by atoms with E-state index in [1.165, 1.54) is 5.56 Å². The maximum Gasteiger partial charge on any atom is 0.115 e. The molecule has 0 aromatic heterocycles. The molecule has 0 atom stereocenters. The molecule has 0 aliphatic carbocycles. The Bertz CT molecular complexity index is 520. The molecule has 1 N–H and O–H groups in total. The summed E-state index contributed by atoms with van der Waals surface area (Å²) >= 11 is 0. The van der Waals surface area contributed by atoms with Gasteiger partial charge in [0, 0.05) is 0 Å². The van der Waals surface area contributed by atoms with Crippen molar-refractivity contribution in [2.24, 2.45) is 0 Å². The minimum Gasteiger partial charge on any atom is -0.508 e. The summed E-state index contributed by atoms with van der Waals surface area (Å²) in [5.41, 5.74) is 1.41. The molecule has 3 aromatic rings. The van der Waals surface area contributed by atoms with Gasteiger partial charge in [-0.05, 0) is 24.1 Å². The van der Waals surface area contributed by atoms with E-state index in [4.69, 9.17) is 5.11 Å². The molecule has 0 fully saturated rings. The number of benzene rings is 3. The molecule has 0 unspecified atom stereocenters. The lowest BCUT2D eigenvalue weighted by Gasteiger charge is -1.89. The van der Waals surface area contributed by atoms with E-state index in [1.54, 1.807) is 24.3 Å². The Morgan fingerprint density at radius 3 is 1.14 bits per heavy atom. The minimum atomic E-state index is 0.322. The highest BCUT2D eigenvalue weighted by molar-refractivity contribution is 5.18. The smallest absolute Gasteiger partial charge is 0.115 e. The third kappa shape index (κ3) is 9.06. The van der Waals surface area contributed by atoms with E-state index < -0.39 is 0 Å². The Balaban J connectivity index is 0.000000159. The molecule has 0 heterocycles. The molecule has 0 spiro atoms. The molecule has 3 aromatic carbocycles. The van der Waals surface area contributed by atoms with Gasteiger partial charge in [-0.2, -0.15) is 0 Å². The van der Waals surface area contributed by atoms with Gasteiger partial charge in [-0.1, -0.05) is 91.9 Å². The van der Waals surface area contributed by atoms with Crippen molar-refractivity contribution in [1.82, 2.24) is 0 Å². The van der Waals surface area contributed by atoms with Gasteiger partial charge in [0.1, 0.15) is 5.75 Å². The lowest BCUT2D eigenvalue weighted by atomic mass is 10.2. The first-order chi connectivity index (χ1) is 10.3. The van der Waals surface area contributed by atoms with Gasteiger partial charge in [-0.3, -0.25) is 0 Å². The van der Waals surface area contributed by atoms with Gasteiger partial charge in [0.25, 0.3) is 0 Å². The second-order valence-electron chi connectivity index (χ2n) is 4.33. The number of rotatable bonds is 1. The number of aryl methyl sites for hydroxylation is 1. The van der Waals surface area contributed by atoms with Crippen molar-refractivity contribution in [3.05, 3.63) is 103 Å². The first kappa shape index (κ1) is 16.5. The number of phenolic OH excluding ortho intramolecular Hbond substituents is 1. The quantitative estimate of drug-likeness (QED) is 0.638. The van der Waals surface area contributed by atoms with Crippen LogP contribution in [-0.4, -0.2) is 5.11 Å². The van der Waals surface area contributed by atoms with Gasteiger partial charge in [0.2, 0.25) is 0 Å². The molecule has 0 aliphatic heterocycles. The highest BCUT2D eigenvalue weighted by Crippen LogP contribution is 2.02. The largest absolute Gasteiger partial charge is 0.508 e. The molecule has 0 bridgehead atoms. The van der Waals surface area contributed by atoms with E-state index >= 15 is 0 Å². The van der Waals surface area contributed by atoms with Crippen molar-refractivity contribution in [3.63, 3.8) is 0 Å². The fourth-order valence-electron chi connectivity index (χ4n) is 1.53. The monoisotopic (exact) mass is 278 g/mol. The Morgan fingerprint density at radius 2 is 0.905 bits per heavy atom. The summed E-state index contributed by atoms with van der Waals surface area (Å²) in [6.07, 6.45) is 1.14. The van der Waals surface area contributed by atoms with Crippen molar-refractivity contribution < 1.29 is 5.11 Å². The van der Waals surface area contributed by atoms with Gasteiger partial charge in [0.15, 0.2) is 0 Å². The fraction of sp³-hybridized carbons (Fsp3) is 0.100. The van der Waals surface area contributed by atoms with Crippen LogP contribution in [0.25, 0.3) is 0 Å². The van der Waals surface area contributed by atoms with Crippen molar-refractivity contribution in [1.29, 1.82) is 0 Å². The topological polar surface area (TPSA) is 20.2 Å². The molecule has 108 valence electrons. The standard InChI is InChI=1S/C8H10.C6H6O.C6H6/c1-2-8-6-4-3-5-7-8;7-6-4-2-1-3-5-6;1-2-4-6-5-3-1/h3-7H,2H2,1H3;1-5,7H;1-6H. The Morgan fingerprint density at radius 1 is 0.571 bits per heavy atom. The third-order valence-corrected chi connectivity index (χ3v) is 2.67. The fourth-order valence-corrected chi connectivity index (χ4v) is 1.53. The zero-order valence-electron chi connectivity index (χ0n) is 12.4. The lowest BCUT2D eigenvalue weighted by molar-refractivity contribution is 0.475. The molecular formula is C20H22O. The Labute approximate surface area is 127 Å². The summed E-state index contributed by atoms with van der Waals surface area (Å²) in [4.78, 5) is 0. The summed E-state index contributed by atoms with van der Waals surface area (Å²) in [6.45, 7) is 2.16. The molecule has 21 heavy (non-hydrogen) atoms. The average Bonchev–Trinajstić information content (AvgIpc) is 2.59.